The maximum absolute atomic E-state index is 12.4. The normalized spacial score (nSPS) is 13.8. The van der Waals surface area contributed by atoms with E-state index in [4.69, 9.17) is 0 Å². The number of rotatable bonds is 5. The highest BCUT2D eigenvalue weighted by atomic mass is 16.1. The molecule has 3 heterocycles. The molecule has 1 N–H and O–H groups in total. The Morgan fingerprint density at radius 1 is 1.14 bits per heavy atom. The number of benzene rings is 1. The highest BCUT2D eigenvalue weighted by Gasteiger charge is 2.16. The molecule has 1 amide bonds. The number of nitrogens with one attached hydrogen (secondary N) is 1. The summed E-state index contributed by atoms with van der Waals surface area (Å²) >= 11 is 0. The van der Waals surface area contributed by atoms with Crippen molar-refractivity contribution in [2.45, 2.75) is 59.0 Å². The van der Waals surface area contributed by atoms with E-state index in [2.05, 4.69) is 25.2 Å². The van der Waals surface area contributed by atoms with Gasteiger partial charge in [-0.2, -0.15) is 5.10 Å². The molecule has 0 unspecified atom stereocenters. The number of aryl methyl sites for hydroxylation is 4. The second kappa shape index (κ2) is 7.96. The fraction of sp³-hybridized carbons (Fsp3) is 0.429. The standard InChI is InChI=1S/C21H26N6O/c1-15-13-16(2)27(25-15)12-10-20(28)22-18-8-6-7-17(14-18)21-24-23-19-9-4-3-5-11-26(19)21/h6-8,13-14H,3-5,9-12H2,1-2H3,(H,22,28). The zero-order valence-electron chi connectivity index (χ0n) is 16.5. The molecule has 0 bridgehead atoms. The highest BCUT2D eigenvalue weighted by molar-refractivity contribution is 5.91. The highest BCUT2D eigenvalue weighted by Crippen LogP contribution is 2.25. The molecule has 7 heteroatoms. The van der Waals surface area contributed by atoms with Crippen LogP contribution in [0.25, 0.3) is 11.4 Å². The third-order valence-corrected chi connectivity index (χ3v) is 5.17. The van der Waals surface area contributed by atoms with Gasteiger partial charge in [0.25, 0.3) is 0 Å². The van der Waals surface area contributed by atoms with E-state index in [0.717, 1.165) is 53.7 Å². The van der Waals surface area contributed by atoms with Gasteiger partial charge in [0, 0.05) is 42.9 Å². The molecule has 0 spiro atoms. The third-order valence-electron chi connectivity index (χ3n) is 5.17. The van der Waals surface area contributed by atoms with Gasteiger partial charge in [-0.3, -0.25) is 9.48 Å². The molecule has 0 aliphatic carbocycles. The van der Waals surface area contributed by atoms with Crippen LogP contribution in [0.4, 0.5) is 5.69 Å². The largest absolute Gasteiger partial charge is 0.326 e. The predicted octanol–water partition coefficient (Wildman–Crippen LogP) is 3.51. The Morgan fingerprint density at radius 3 is 2.86 bits per heavy atom. The average molecular weight is 378 g/mol. The molecule has 1 aliphatic rings. The SMILES string of the molecule is Cc1cc(C)n(CCC(=O)Nc2cccc(-c3nnc4n3CCCCC4)c2)n1. The fourth-order valence-electron chi connectivity index (χ4n) is 3.77. The number of carbonyl (C=O) groups is 1. The van der Waals surface area contributed by atoms with Crippen LogP contribution in [-0.2, 0) is 24.3 Å². The summed E-state index contributed by atoms with van der Waals surface area (Å²) in [5.41, 5.74) is 3.80. The smallest absolute Gasteiger partial charge is 0.226 e. The number of nitrogens with zero attached hydrogens (tertiary/aromatic N) is 5. The first-order valence-corrected chi connectivity index (χ1v) is 9.93. The van der Waals surface area contributed by atoms with E-state index >= 15 is 0 Å². The van der Waals surface area contributed by atoms with Gasteiger partial charge in [0.2, 0.25) is 5.91 Å². The summed E-state index contributed by atoms with van der Waals surface area (Å²) < 4.78 is 4.09. The summed E-state index contributed by atoms with van der Waals surface area (Å²) in [4.78, 5) is 12.4. The van der Waals surface area contributed by atoms with Crippen molar-refractivity contribution in [3.05, 3.63) is 47.5 Å². The van der Waals surface area contributed by atoms with Crippen molar-refractivity contribution in [3.63, 3.8) is 0 Å². The first-order chi connectivity index (χ1) is 13.6. The summed E-state index contributed by atoms with van der Waals surface area (Å²) in [7, 11) is 0. The minimum absolute atomic E-state index is 0.0234. The van der Waals surface area contributed by atoms with Crippen LogP contribution in [0.5, 0.6) is 0 Å². The van der Waals surface area contributed by atoms with Gasteiger partial charge in [0.15, 0.2) is 5.82 Å². The second-order valence-corrected chi connectivity index (χ2v) is 7.43. The van der Waals surface area contributed by atoms with Crippen LogP contribution < -0.4 is 5.32 Å². The molecule has 4 rings (SSSR count). The summed E-state index contributed by atoms with van der Waals surface area (Å²) in [6.07, 6.45) is 4.92. The summed E-state index contributed by atoms with van der Waals surface area (Å²) in [6, 6.07) is 9.87. The third kappa shape index (κ3) is 3.98. The molecule has 0 radical (unpaired) electrons. The molecule has 0 fully saturated rings. The maximum Gasteiger partial charge on any atom is 0.226 e. The van der Waals surface area contributed by atoms with Crippen molar-refractivity contribution in [1.29, 1.82) is 0 Å². The number of amides is 1. The first-order valence-electron chi connectivity index (χ1n) is 9.93. The number of aromatic nitrogens is 5. The number of anilines is 1. The van der Waals surface area contributed by atoms with Crippen molar-refractivity contribution in [3.8, 4) is 11.4 Å². The Morgan fingerprint density at radius 2 is 2.04 bits per heavy atom. The van der Waals surface area contributed by atoms with E-state index in [0.29, 0.717) is 13.0 Å². The lowest BCUT2D eigenvalue weighted by atomic mass is 10.2. The number of fused-ring (bicyclic) bond motifs is 1. The second-order valence-electron chi connectivity index (χ2n) is 7.43. The Balaban J connectivity index is 1.45. The average Bonchev–Trinajstić information content (AvgIpc) is 3.13. The van der Waals surface area contributed by atoms with Crippen molar-refractivity contribution in [2.75, 3.05) is 5.32 Å². The molecule has 146 valence electrons. The van der Waals surface area contributed by atoms with Crippen molar-refractivity contribution >= 4 is 11.6 Å². The molecular formula is C21H26N6O. The Hall–Kier alpha value is -2.96. The van der Waals surface area contributed by atoms with E-state index in [1.165, 1.54) is 12.8 Å². The van der Waals surface area contributed by atoms with Gasteiger partial charge < -0.3 is 9.88 Å². The summed E-state index contributed by atoms with van der Waals surface area (Å²) in [6.45, 7) is 5.49. The van der Waals surface area contributed by atoms with Crippen LogP contribution in [-0.4, -0.2) is 30.5 Å². The molecule has 0 atom stereocenters. The van der Waals surface area contributed by atoms with Crippen molar-refractivity contribution < 1.29 is 4.79 Å². The van der Waals surface area contributed by atoms with Gasteiger partial charge in [0.1, 0.15) is 5.82 Å². The molecule has 0 saturated heterocycles. The van der Waals surface area contributed by atoms with Gasteiger partial charge >= 0.3 is 0 Å². The lowest BCUT2D eigenvalue weighted by Crippen LogP contribution is -2.15. The van der Waals surface area contributed by atoms with Crippen LogP contribution in [0.2, 0.25) is 0 Å². The quantitative estimate of drug-likeness (QED) is 0.737. The van der Waals surface area contributed by atoms with E-state index in [1.807, 2.05) is 48.9 Å². The van der Waals surface area contributed by atoms with Crippen molar-refractivity contribution in [1.82, 2.24) is 24.5 Å². The number of carbonyl (C=O) groups excluding carboxylic acids is 1. The molecule has 1 aromatic carbocycles. The zero-order chi connectivity index (χ0) is 19.5. The lowest BCUT2D eigenvalue weighted by Gasteiger charge is -2.10. The Bertz CT molecular complexity index is 987. The van der Waals surface area contributed by atoms with E-state index in [1.54, 1.807) is 0 Å². The van der Waals surface area contributed by atoms with Gasteiger partial charge in [-0.15, -0.1) is 10.2 Å². The lowest BCUT2D eigenvalue weighted by molar-refractivity contribution is -0.116. The minimum Gasteiger partial charge on any atom is -0.326 e. The maximum atomic E-state index is 12.4. The summed E-state index contributed by atoms with van der Waals surface area (Å²) in [5, 5.41) is 16.2. The molecule has 3 aromatic rings. The molecule has 1 aliphatic heterocycles. The fourth-order valence-corrected chi connectivity index (χ4v) is 3.77. The van der Waals surface area contributed by atoms with Gasteiger partial charge in [-0.25, -0.2) is 0 Å². The molecule has 7 nitrogen and oxygen atoms in total. The predicted molar refractivity (Wildman–Crippen MR) is 108 cm³/mol. The van der Waals surface area contributed by atoms with Gasteiger partial charge in [-0.1, -0.05) is 18.6 Å². The number of hydrogen-bond donors (Lipinski definition) is 1. The van der Waals surface area contributed by atoms with Crippen molar-refractivity contribution in [2.24, 2.45) is 0 Å². The Kier molecular flexibility index (Phi) is 5.23. The van der Waals surface area contributed by atoms with Gasteiger partial charge in [0.05, 0.1) is 5.69 Å². The topological polar surface area (TPSA) is 77.6 Å². The van der Waals surface area contributed by atoms with Crippen LogP contribution in [0.1, 0.15) is 42.9 Å². The van der Waals surface area contributed by atoms with Gasteiger partial charge in [-0.05, 0) is 44.9 Å². The minimum atomic E-state index is -0.0234. The van der Waals surface area contributed by atoms with E-state index in [-0.39, 0.29) is 5.91 Å². The van der Waals surface area contributed by atoms with Crippen LogP contribution in [0, 0.1) is 13.8 Å². The molecular weight excluding hydrogens is 352 g/mol. The molecule has 28 heavy (non-hydrogen) atoms. The molecule has 0 saturated carbocycles. The van der Waals surface area contributed by atoms with E-state index in [9.17, 15) is 4.79 Å². The van der Waals surface area contributed by atoms with E-state index < -0.39 is 0 Å². The Labute approximate surface area is 164 Å². The monoisotopic (exact) mass is 378 g/mol. The zero-order valence-corrected chi connectivity index (χ0v) is 16.5. The molecule has 2 aromatic heterocycles. The first kappa shape index (κ1) is 18.4. The van der Waals surface area contributed by atoms with Crippen LogP contribution in [0.3, 0.4) is 0 Å². The van der Waals surface area contributed by atoms with Crippen LogP contribution in [0.15, 0.2) is 30.3 Å². The van der Waals surface area contributed by atoms with Crippen LogP contribution >= 0.6 is 0 Å². The summed E-state index contributed by atoms with van der Waals surface area (Å²) in [5.74, 6) is 1.92. The number of hydrogen-bond acceptors (Lipinski definition) is 4.